The van der Waals surface area contributed by atoms with E-state index in [-0.39, 0.29) is 152 Å². The molecule has 0 aromatic heterocycles. The van der Waals surface area contributed by atoms with Crippen molar-refractivity contribution in [3.8, 4) is 0 Å². The van der Waals surface area contributed by atoms with Crippen LogP contribution in [0.5, 0.6) is 0 Å². The van der Waals surface area contributed by atoms with Gasteiger partial charge in [-0.05, 0) is 7.05 Å². The second-order valence-corrected chi connectivity index (χ2v) is 21.6. The number of amides is 3. The fourth-order valence-corrected chi connectivity index (χ4v) is 8.11. The summed E-state index contributed by atoms with van der Waals surface area (Å²) in [6.07, 6.45) is -30.4. The summed E-state index contributed by atoms with van der Waals surface area (Å²) in [6.45, 7) is -3.18. The van der Waals surface area contributed by atoms with Gasteiger partial charge in [0.25, 0.3) is 0 Å². The Hall–Kier alpha value is -3.11. The molecule has 0 unspecified atom stereocenters. The summed E-state index contributed by atoms with van der Waals surface area (Å²) in [5.41, 5.74) is 0. The molecule has 0 fully saturated rings. The Morgan fingerprint density at radius 3 is 0.771 bits per heavy atom. The van der Waals surface area contributed by atoms with Gasteiger partial charge in [0.15, 0.2) is 0 Å². The number of likely N-dealkylation sites (N-methyl/N-ethyl adjacent to an activating group) is 1. The second-order valence-electron chi connectivity index (χ2n) is 21.6. The highest BCUT2D eigenvalue weighted by Crippen LogP contribution is 2.13. The van der Waals surface area contributed by atoms with Gasteiger partial charge in [-0.15, -0.1) is 0 Å². The molecule has 572 valence electrons. The van der Waals surface area contributed by atoms with Crippen molar-refractivity contribution >= 4 is 17.9 Å². The van der Waals surface area contributed by atoms with Crippen LogP contribution in [0.2, 0.25) is 0 Å². The number of nitrogens with one attached hydrogen (secondary N) is 3. The average Bonchev–Trinajstić information content (AvgIpc) is 1.06. The van der Waals surface area contributed by atoms with Crippen LogP contribution in [0.4, 0.5) is 4.79 Å². The molecule has 0 saturated carbocycles. The molecular formula is C56H114N6O34. The lowest BCUT2D eigenvalue weighted by atomic mass is 10.0. The van der Waals surface area contributed by atoms with E-state index < -0.39 is 181 Å². The topological polar surface area (TPSA) is 603 Å². The third-order valence-corrected chi connectivity index (χ3v) is 13.8. The number of nitrogens with zero attached hydrogens (tertiary/aromatic N) is 3. The monoisotopic (exact) mass is 1410 g/mol. The highest BCUT2D eigenvalue weighted by atomic mass is 16.6. The number of aliphatic hydroxyl groups excluding tert-OH is 20. The maximum absolute atomic E-state index is 13.0. The molecule has 0 rings (SSSR count). The highest BCUT2D eigenvalue weighted by Gasteiger charge is 2.36. The van der Waals surface area contributed by atoms with Gasteiger partial charge >= 0.3 is 6.09 Å². The standard InChI is InChI=1S/C56H114N6O34/c1-57-2-7-86-12-19-95-26-27-96-56(85)62(32-46(75)58-3-8-87-13-17-91-22-24-93-20-15-89-10-5-60(28-38(67)48(77)52(81)42(71)34-63)29-39(68)49(78)53(82)43(72)35-64)33-47(76)59-4-9-88-14-18-92-23-25-94-21-16-90-11-6-61(30-40(69)50(79)54(83)44(73)36-65)31-41(70)51(80)55(84)45(74)37-66/h38-45,48-55,57,63-74,77-84H,2-37H2,1H3,(H,58,75)(H,59,76)/t38-,39-,40-,41-,42+,43+,44+,45+,48+,49+,50+,51+,52+,53+,54+,55+/m0/s1. The predicted molar refractivity (Wildman–Crippen MR) is 328 cm³/mol. The first-order valence-corrected chi connectivity index (χ1v) is 31.6. The maximum Gasteiger partial charge on any atom is 0.410 e. The van der Waals surface area contributed by atoms with Crippen LogP contribution in [0.1, 0.15) is 0 Å². The van der Waals surface area contributed by atoms with Crippen LogP contribution >= 0.6 is 0 Å². The van der Waals surface area contributed by atoms with Crippen molar-refractivity contribution in [3.05, 3.63) is 0 Å². The first-order valence-electron chi connectivity index (χ1n) is 31.6. The summed E-state index contributed by atoms with van der Waals surface area (Å²) in [7, 11) is 1.79. The molecule has 96 heavy (non-hydrogen) atoms. The Labute approximate surface area is 557 Å². The first kappa shape index (κ1) is 92.9. The molecule has 0 aliphatic carbocycles. The normalized spacial score (nSPS) is 17.2. The van der Waals surface area contributed by atoms with Crippen molar-refractivity contribution in [1.82, 2.24) is 30.7 Å². The van der Waals surface area contributed by atoms with Gasteiger partial charge in [0.1, 0.15) is 92.9 Å². The number of ether oxygens (including phenoxy) is 11. The Balaban J connectivity index is 4.76. The van der Waals surface area contributed by atoms with Crippen LogP contribution in [0.25, 0.3) is 0 Å². The van der Waals surface area contributed by atoms with Crippen LogP contribution in [0, 0.1) is 0 Å². The van der Waals surface area contributed by atoms with Gasteiger partial charge in [-0.2, -0.15) is 0 Å². The zero-order valence-corrected chi connectivity index (χ0v) is 54.7. The van der Waals surface area contributed by atoms with Crippen molar-refractivity contribution in [2.75, 3.05) is 244 Å². The van der Waals surface area contributed by atoms with Gasteiger partial charge in [-0.3, -0.25) is 24.3 Å². The molecule has 40 heteroatoms. The van der Waals surface area contributed by atoms with E-state index >= 15 is 0 Å². The van der Waals surface area contributed by atoms with E-state index in [0.717, 1.165) is 4.90 Å². The van der Waals surface area contributed by atoms with Gasteiger partial charge in [-0.1, -0.05) is 0 Å². The third kappa shape index (κ3) is 44.9. The van der Waals surface area contributed by atoms with Crippen LogP contribution in [0.15, 0.2) is 0 Å². The average molecular weight is 1420 g/mol. The number of rotatable bonds is 67. The van der Waals surface area contributed by atoms with Gasteiger partial charge in [0, 0.05) is 58.9 Å². The van der Waals surface area contributed by atoms with Crippen LogP contribution in [-0.2, 0) is 61.7 Å². The smallest absolute Gasteiger partial charge is 0.410 e. The van der Waals surface area contributed by atoms with Gasteiger partial charge < -0.3 is 170 Å². The molecule has 0 saturated heterocycles. The number of carbonyl (C=O) groups excluding carboxylic acids is 3. The summed E-state index contributed by atoms with van der Waals surface area (Å²) in [5.74, 6) is -1.23. The number of aliphatic hydroxyl groups is 20. The Kier molecular flexibility index (Phi) is 57.6. The Morgan fingerprint density at radius 2 is 0.521 bits per heavy atom. The van der Waals surface area contributed by atoms with Crippen LogP contribution in [-0.4, -0.2) is 477 Å². The molecule has 16 atom stereocenters. The number of carbonyl (C=O) groups is 3. The molecule has 0 radical (unpaired) electrons. The lowest BCUT2D eigenvalue weighted by Gasteiger charge is -2.33. The summed E-state index contributed by atoms with van der Waals surface area (Å²) in [4.78, 5) is 42.3. The molecular weight excluding hydrogens is 1300 g/mol. The van der Waals surface area contributed by atoms with Gasteiger partial charge in [0.2, 0.25) is 11.8 Å². The predicted octanol–water partition coefficient (Wildman–Crippen LogP) is -14.6. The minimum absolute atomic E-state index is 0.0246. The molecule has 0 aromatic carbocycles. The molecule has 3 amide bonds. The molecule has 0 aliphatic heterocycles. The lowest BCUT2D eigenvalue weighted by Crippen LogP contribution is -2.53. The largest absolute Gasteiger partial charge is 0.447 e. The summed E-state index contributed by atoms with van der Waals surface area (Å²) in [6, 6.07) is 0. The van der Waals surface area contributed by atoms with E-state index in [2.05, 4.69) is 16.0 Å². The van der Waals surface area contributed by atoms with E-state index in [1.807, 2.05) is 0 Å². The summed E-state index contributed by atoms with van der Waals surface area (Å²) in [5, 5.41) is 206. The van der Waals surface area contributed by atoms with Crippen molar-refractivity contribution in [1.29, 1.82) is 0 Å². The van der Waals surface area contributed by atoms with Gasteiger partial charge in [-0.25, -0.2) is 4.79 Å². The lowest BCUT2D eigenvalue weighted by molar-refractivity contribution is -0.131. The highest BCUT2D eigenvalue weighted by molar-refractivity contribution is 5.86. The van der Waals surface area contributed by atoms with E-state index in [1.165, 1.54) is 9.80 Å². The molecule has 40 nitrogen and oxygen atoms in total. The third-order valence-electron chi connectivity index (χ3n) is 13.8. The SMILES string of the molecule is CNCCOCCOCCOC(=O)N(CC(=O)NCCOCCOCCOCCOCCN(C[C@H](O)[C@@H](O)[C@H](O)[C@H](O)CO)C[C@H](O)[C@@H](O)[C@H](O)[C@H](O)CO)CC(=O)NCCOCCOCCOCCOCCN(C[C@H](O)[C@@H](O)[C@H](O)[C@H](O)CO)C[C@H](O)[C@@H](O)[C@H](O)[C@H](O)CO. The number of hydrogen-bond donors (Lipinski definition) is 23. The maximum atomic E-state index is 13.0. The van der Waals surface area contributed by atoms with Crippen LogP contribution < -0.4 is 16.0 Å². The molecule has 0 heterocycles. The van der Waals surface area contributed by atoms with Crippen molar-refractivity contribution in [3.63, 3.8) is 0 Å². The fraction of sp³-hybridized carbons (Fsp3) is 0.946. The fourth-order valence-electron chi connectivity index (χ4n) is 8.11. The van der Waals surface area contributed by atoms with Crippen molar-refractivity contribution < 1.29 is 169 Å². The molecule has 0 bridgehead atoms. The Bertz CT molecular complexity index is 1680. The minimum Gasteiger partial charge on any atom is -0.447 e. The number of hydrogen-bond acceptors (Lipinski definition) is 37. The molecule has 23 N–H and O–H groups in total. The van der Waals surface area contributed by atoms with E-state index in [1.54, 1.807) is 7.05 Å². The van der Waals surface area contributed by atoms with Crippen molar-refractivity contribution in [2.45, 2.75) is 97.7 Å². The molecule has 0 aliphatic rings. The zero-order chi connectivity index (χ0) is 72.1. The van der Waals surface area contributed by atoms with Gasteiger partial charge in [0.05, 0.1) is 183 Å². The molecule has 0 aromatic rings. The van der Waals surface area contributed by atoms with E-state index in [0.29, 0.717) is 19.8 Å². The van der Waals surface area contributed by atoms with E-state index in [4.69, 9.17) is 72.5 Å². The van der Waals surface area contributed by atoms with Crippen molar-refractivity contribution in [2.24, 2.45) is 0 Å². The summed E-state index contributed by atoms with van der Waals surface area (Å²) >= 11 is 0. The van der Waals surface area contributed by atoms with Crippen LogP contribution in [0.3, 0.4) is 0 Å². The van der Waals surface area contributed by atoms with E-state index in [9.17, 15) is 96.1 Å². The quantitative estimate of drug-likeness (QED) is 0.0251. The first-order chi connectivity index (χ1) is 45.9. The molecule has 0 spiro atoms. The summed E-state index contributed by atoms with van der Waals surface area (Å²) < 4.78 is 60.0. The second kappa shape index (κ2) is 59.6. The minimum atomic E-state index is -1.93. The Morgan fingerprint density at radius 1 is 0.302 bits per heavy atom. The zero-order valence-electron chi connectivity index (χ0n) is 54.7.